The average Bonchev–Trinajstić information content (AvgIpc) is 2.45. The fraction of sp³-hybridized carbons (Fsp3) is 0.235. The first-order valence-corrected chi connectivity index (χ1v) is 6.61. The van der Waals surface area contributed by atoms with Crippen LogP contribution in [0.15, 0.2) is 48.5 Å². The van der Waals surface area contributed by atoms with E-state index < -0.39 is 0 Å². The van der Waals surface area contributed by atoms with Crippen LogP contribution in [0.4, 0.5) is 0 Å². The third-order valence-corrected chi connectivity index (χ3v) is 3.17. The summed E-state index contributed by atoms with van der Waals surface area (Å²) < 4.78 is 0. The summed E-state index contributed by atoms with van der Waals surface area (Å²) in [5.41, 5.74) is 9.30. The number of hydrogen-bond donors (Lipinski definition) is 1. The second-order valence-corrected chi connectivity index (χ2v) is 4.79. The van der Waals surface area contributed by atoms with Gasteiger partial charge >= 0.3 is 0 Å². The number of benzene rings is 2. The van der Waals surface area contributed by atoms with Crippen LogP contribution < -0.4 is 5.73 Å². The van der Waals surface area contributed by atoms with Gasteiger partial charge in [-0.1, -0.05) is 48.0 Å². The molecule has 0 aliphatic rings. The molecule has 2 heteroatoms. The molecule has 0 aliphatic heterocycles. The Morgan fingerprint density at radius 1 is 1.05 bits per heavy atom. The van der Waals surface area contributed by atoms with Crippen molar-refractivity contribution in [1.29, 1.82) is 0 Å². The molecule has 98 valence electrons. The van der Waals surface area contributed by atoms with E-state index in [0.29, 0.717) is 6.54 Å². The highest BCUT2D eigenvalue weighted by Crippen LogP contribution is 2.13. The average molecular weight is 253 g/mol. The Kier molecular flexibility index (Phi) is 4.48. The van der Waals surface area contributed by atoms with E-state index in [-0.39, 0.29) is 5.78 Å². The maximum absolute atomic E-state index is 12.3. The summed E-state index contributed by atoms with van der Waals surface area (Å²) in [4.78, 5) is 12.3. The molecule has 0 saturated heterocycles. The minimum absolute atomic E-state index is 0.0778. The number of carbonyl (C=O) groups excluding carboxylic acids is 1. The van der Waals surface area contributed by atoms with E-state index in [1.807, 2.05) is 55.5 Å². The van der Waals surface area contributed by atoms with Gasteiger partial charge in [-0.2, -0.15) is 0 Å². The molecule has 0 saturated carbocycles. The molecular formula is C17H19NO. The quantitative estimate of drug-likeness (QED) is 0.832. The Bertz CT molecular complexity index is 558. The molecule has 2 aromatic carbocycles. The van der Waals surface area contributed by atoms with Gasteiger partial charge in [0, 0.05) is 11.1 Å². The lowest BCUT2D eigenvalue weighted by molar-refractivity contribution is 0.103. The molecule has 0 bridgehead atoms. The Balaban J connectivity index is 2.15. The van der Waals surface area contributed by atoms with E-state index in [1.54, 1.807) is 0 Å². The molecule has 0 spiro atoms. The Morgan fingerprint density at radius 3 is 2.42 bits per heavy atom. The van der Waals surface area contributed by atoms with Gasteiger partial charge in [0.2, 0.25) is 0 Å². The summed E-state index contributed by atoms with van der Waals surface area (Å²) >= 11 is 0. The zero-order chi connectivity index (χ0) is 13.7. The van der Waals surface area contributed by atoms with Crippen LogP contribution in [-0.2, 0) is 6.42 Å². The Hall–Kier alpha value is -1.93. The van der Waals surface area contributed by atoms with E-state index in [2.05, 4.69) is 0 Å². The Labute approximate surface area is 114 Å². The van der Waals surface area contributed by atoms with Crippen molar-refractivity contribution in [2.24, 2.45) is 5.73 Å². The zero-order valence-corrected chi connectivity index (χ0v) is 11.2. The number of hydrogen-bond acceptors (Lipinski definition) is 2. The summed E-state index contributed by atoms with van der Waals surface area (Å²) in [6.45, 7) is 2.69. The van der Waals surface area contributed by atoms with Gasteiger partial charge in [-0.25, -0.2) is 0 Å². The molecule has 0 heterocycles. The van der Waals surface area contributed by atoms with E-state index >= 15 is 0 Å². The first-order valence-electron chi connectivity index (χ1n) is 6.61. The number of carbonyl (C=O) groups is 1. The summed E-state index contributed by atoms with van der Waals surface area (Å²) in [6.07, 6.45) is 1.95. The molecular weight excluding hydrogens is 234 g/mol. The van der Waals surface area contributed by atoms with Crippen molar-refractivity contribution in [3.05, 3.63) is 70.8 Å². The molecule has 0 aliphatic carbocycles. The summed E-state index contributed by atoms with van der Waals surface area (Å²) in [5, 5.41) is 0. The van der Waals surface area contributed by atoms with Gasteiger partial charge in [0.25, 0.3) is 0 Å². The molecule has 0 atom stereocenters. The molecule has 2 rings (SSSR count). The van der Waals surface area contributed by atoms with Crippen molar-refractivity contribution in [1.82, 2.24) is 0 Å². The predicted molar refractivity (Wildman–Crippen MR) is 78.4 cm³/mol. The molecule has 2 N–H and O–H groups in total. The SMILES string of the molecule is Cc1cccc(C(=O)c2ccc(CCCN)cc2)c1. The van der Waals surface area contributed by atoms with Crippen molar-refractivity contribution in [3.8, 4) is 0 Å². The molecule has 19 heavy (non-hydrogen) atoms. The third-order valence-electron chi connectivity index (χ3n) is 3.17. The first-order chi connectivity index (χ1) is 9.20. The third kappa shape index (κ3) is 3.52. The first kappa shape index (κ1) is 13.5. The van der Waals surface area contributed by atoms with Crippen LogP contribution in [0.2, 0.25) is 0 Å². The van der Waals surface area contributed by atoms with Crippen LogP contribution in [0.3, 0.4) is 0 Å². The summed E-state index contributed by atoms with van der Waals surface area (Å²) in [7, 11) is 0. The van der Waals surface area contributed by atoms with Crippen LogP contribution in [-0.4, -0.2) is 12.3 Å². The van der Waals surface area contributed by atoms with E-state index in [0.717, 1.165) is 29.5 Å². The minimum Gasteiger partial charge on any atom is -0.330 e. The summed E-state index contributed by atoms with van der Waals surface area (Å²) in [5.74, 6) is 0.0778. The largest absolute Gasteiger partial charge is 0.330 e. The number of nitrogens with two attached hydrogens (primary N) is 1. The van der Waals surface area contributed by atoms with Crippen LogP contribution in [0, 0.1) is 6.92 Å². The highest BCUT2D eigenvalue weighted by molar-refractivity contribution is 6.09. The molecule has 0 unspecified atom stereocenters. The Morgan fingerprint density at radius 2 is 1.79 bits per heavy atom. The second-order valence-electron chi connectivity index (χ2n) is 4.79. The van der Waals surface area contributed by atoms with Gasteiger partial charge in [0.05, 0.1) is 0 Å². The van der Waals surface area contributed by atoms with Crippen molar-refractivity contribution in [3.63, 3.8) is 0 Å². The summed E-state index contributed by atoms with van der Waals surface area (Å²) in [6, 6.07) is 15.5. The lowest BCUT2D eigenvalue weighted by Crippen LogP contribution is -2.03. The molecule has 0 aromatic heterocycles. The van der Waals surface area contributed by atoms with Gasteiger partial charge in [-0.15, -0.1) is 0 Å². The van der Waals surface area contributed by atoms with Crippen molar-refractivity contribution >= 4 is 5.78 Å². The van der Waals surface area contributed by atoms with E-state index in [4.69, 9.17) is 5.73 Å². The van der Waals surface area contributed by atoms with Gasteiger partial charge < -0.3 is 5.73 Å². The number of aryl methyl sites for hydroxylation is 2. The van der Waals surface area contributed by atoms with Crippen LogP contribution in [0.5, 0.6) is 0 Å². The normalized spacial score (nSPS) is 10.4. The topological polar surface area (TPSA) is 43.1 Å². The lowest BCUT2D eigenvalue weighted by atomic mass is 10.00. The predicted octanol–water partition coefficient (Wildman–Crippen LogP) is 3.12. The fourth-order valence-electron chi connectivity index (χ4n) is 2.08. The van der Waals surface area contributed by atoms with Crippen molar-refractivity contribution < 1.29 is 4.79 Å². The molecule has 2 aromatic rings. The van der Waals surface area contributed by atoms with Gasteiger partial charge in [-0.3, -0.25) is 4.79 Å². The van der Waals surface area contributed by atoms with Crippen LogP contribution in [0.25, 0.3) is 0 Å². The maximum atomic E-state index is 12.3. The van der Waals surface area contributed by atoms with Crippen LogP contribution in [0.1, 0.15) is 33.5 Å². The number of rotatable bonds is 5. The van der Waals surface area contributed by atoms with E-state index in [1.165, 1.54) is 5.56 Å². The van der Waals surface area contributed by atoms with Crippen molar-refractivity contribution in [2.75, 3.05) is 6.54 Å². The molecule has 0 amide bonds. The second kappa shape index (κ2) is 6.30. The monoisotopic (exact) mass is 253 g/mol. The lowest BCUT2D eigenvalue weighted by Gasteiger charge is -2.04. The standard InChI is InChI=1S/C17H19NO/c1-13-4-2-6-16(12-13)17(19)15-9-7-14(8-10-15)5-3-11-18/h2,4,6-10,12H,3,5,11,18H2,1H3. The molecule has 0 radical (unpaired) electrons. The smallest absolute Gasteiger partial charge is 0.193 e. The highest BCUT2D eigenvalue weighted by atomic mass is 16.1. The van der Waals surface area contributed by atoms with Crippen molar-refractivity contribution in [2.45, 2.75) is 19.8 Å². The van der Waals surface area contributed by atoms with Gasteiger partial charge in [0.1, 0.15) is 0 Å². The number of ketones is 1. The molecule has 2 nitrogen and oxygen atoms in total. The highest BCUT2D eigenvalue weighted by Gasteiger charge is 2.08. The van der Waals surface area contributed by atoms with E-state index in [9.17, 15) is 4.79 Å². The maximum Gasteiger partial charge on any atom is 0.193 e. The van der Waals surface area contributed by atoms with Gasteiger partial charge in [-0.05, 0) is 37.9 Å². The molecule has 0 fully saturated rings. The van der Waals surface area contributed by atoms with Gasteiger partial charge in [0.15, 0.2) is 5.78 Å². The fourth-order valence-corrected chi connectivity index (χ4v) is 2.08. The zero-order valence-electron chi connectivity index (χ0n) is 11.2. The minimum atomic E-state index is 0.0778. The van der Waals surface area contributed by atoms with Crippen LogP contribution >= 0.6 is 0 Å².